The van der Waals surface area contributed by atoms with E-state index in [-0.39, 0.29) is 32.6 Å². The second-order valence-electron chi connectivity index (χ2n) is 2.74. The first-order valence-corrected chi connectivity index (χ1v) is 4.90. The number of rotatable bonds is 1. The van der Waals surface area contributed by atoms with Gasteiger partial charge in [-0.15, -0.1) is 0 Å². The van der Waals surface area contributed by atoms with E-state index in [0.717, 1.165) is 5.56 Å². The Labute approximate surface area is 98.4 Å². The summed E-state index contributed by atoms with van der Waals surface area (Å²) in [5.41, 5.74) is 1.54. The Bertz CT molecular complexity index is 398. The molecule has 1 rings (SSSR count). The molecule has 1 aromatic rings. The summed E-state index contributed by atoms with van der Waals surface area (Å²) in [6.45, 7) is 3.51. The fourth-order valence-electron chi connectivity index (χ4n) is 1.09. The van der Waals surface area contributed by atoms with E-state index in [1.807, 2.05) is 6.92 Å². The van der Waals surface area contributed by atoms with Gasteiger partial charge in [-0.2, -0.15) is 8.42 Å². The quantitative estimate of drug-likeness (QED) is 0.588. The zero-order chi connectivity index (χ0) is 9.35. The first kappa shape index (κ1) is 13.1. The van der Waals surface area contributed by atoms with Crippen molar-refractivity contribution in [3.63, 3.8) is 0 Å². The normalized spacial score (nSPS) is 10.7. The third-order valence-electron chi connectivity index (χ3n) is 1.61. The minimum absolute atomic E-state index is 0. The Morgan fingerprint density at radius 3 is 2.15 bits per heavy atom. The van der Waals surface area contributed by atoms with E-state index >= 15 is 0 Å². The maximum Gasteiger partial charge on any atom is 0.294 e. The molecule has 0 atom stereocenters. The van der Waals surface area contributed by atoms with E-state index in [0.29, 0.717) is 5.56 Å². The molecule has 5 heteroatoms. The second kappa shape index (κ2) is 4.53. The van der Waals surface area contributed by atoms with Crippen LogP contribution in [0.25, 0.3) is 0 Å². The summed E-state index contributed by atoms with van der Waals surface area (Å²) in [5.74, 6) is 0. The van der Waals surface area contributed by atoms with Crippen molar-refractivity contribution in [1.82, 2.24) is 0 Å². The second-order valence-corrected chi connectivity index (χ2v) is 4.13. The van der Waals surface area contributed by atoms with Crippen LogP contribution in [0, 0.1) is 13.8 Å². The van der Waals surface area contributed by atoms with Crippen LogP contribution in [0.2, 0.25) is 0 Å². The molecule has 0 saturated carbocycles. The molecule has 1 N–H and O–H groups in total. The standard InChI is InChI=1S/C8H10O3S.Hg/c1-6-3-4-8(7(2)5-6)12(9,10)11;/h3-5H,1-2H3,(H,9,10,11);. The van der Waals surface area contributed by atoms with Gasteiger partial charge in [-0.3, -0.25) is 4.55 Å². The minimum Gasteiger partial charge on any atom is -0.282 e. The van der Waals surface area contributed by atoms with E-state index in [9.17, 15) is 8.42 Å². The van der Waals surface area contributed by atoms with Crippen molar-refractivity contribution in [2.75, 3.05) is 0 Å². The van der Waals surface area contributed by atoms with Gasteiger partial charge < -0.3 is 0 Å². The molecule has 68 valence electrons. The van der Waals surface area contributed by atoms with Gasteiger partial charge >= 0.3 is 0 Å². The zero-order valence-electron chi connectivity index (χ0n) is 7.61. The van der Waals surface area contributed by atoms with Gasteiger partial charge in [-0.25, -0.2) is 0 Å². The van der Waals surface area contributed by atoms with Gasteiger partial charge in [0.15, 0.2) is 0 Å². The Kier molecular flexibility index (Phi) is 4.55. The maximum atomic E-state index is 10.7. The topological polar surface area (TPSA) is 54.4 Å². The molecule has 0 aliphatic carbocycles. The minimum atomic E-state index is -4.05. The molecule has 0 unspecified atom stereocenters. The van der Waals surface area contributed by atoms with E-state index in [4.69, 9.17) is 4.55 Å². The van der Waals surface area contributed by atoms with Crippen LogP contribution in [0.5, 0.6) is 0 Å². The van der Waals surface area contributed by atoms with Crippen LogP contribution in [-0.4, -0.2) is 13.0 Å². The van der Waals surface area contributed by atoms with Gasteiger partial charge in [0.05, 0.1) is 4.90 Å². The summed E-state index contributed by atoms with van der Waals surface area (Å²) in [4.78, 5) is -0.0203. The SMILES string of the molecule is Cc1ccc(S(=O)(=O)O)c(C)c1.[Hg]. The van der Waals surface area contributed by atoms with Gasteiger partial charge in [0.25, 0.3) is 10.1 Å². The van der Waals surface area contributed by atoms with Gasteiger partial charge in [-0.05, 0) is 25.5 Å². The van der Waals surface area contributed by atoms with Crippen LogP contribution in [0.15, 0.2) is 23.1 Å². The fourth-order valence-corrected chi connectivity index (χ4v) is 1.79. The third-order valence-corrected chi connectivity index (χ3v) is 2.62. The molecular formula is C8H10HgO3S. The van der Waals surface area contributed by atoms with Crippen LogP contribution in [0.3, 0.4) is 0 Å². The zero-order valence-corrected chi connectivity index (χ0v) is 13.9. The van der Waals surface area contributed by atoms with Crippen LogP contribution < -0.4 is 0 Å². The summed E-state index contributed by atoms with van der Waals surface area (Å²) >= 11 is 0. The molecule has 0 aliphatic rings. The Morgan fingerprint density at radius 2 is 1.77 bits per heavy atom. The van der Waals surface area contributed by atoms with E-state index in [2.05, 4.69) is 0 Å². The smallest absolute Gasteiger partial charge is 0.282 e. The predicted octanol–water partition coefficient (Wildman–Crippen LogP) is 1.55. The average Bonchev–Trinajstić information content (AvgIpc) is 1.83. The Balaban J connectivity index is 0.00000144. The Hall–Kier alpha value is 0.0651. The van der Waals surface area contributed by atoms with Gasteiger partial charge in [0.1, 0.15) is 0 Å². The van der Waals surface area contributed by atoms with Gasteiger partial charge in [0.2, 0.25) is 0 Å². The molecule has 0 bridgehead atoms. The van der Waals surface area contributed by atoms with Crippen LogP contribution in [0.4, 0.5) is 0 Å². The maximum absolute atomic E-state index is 10.7. The van der Waals surface area contributed by atoms with E-state index < -0.39 is 10.1 Å². The molecule has 13 heavy (non-hydrogen) atoms. The van der Waals surface area contributed by atoms with Crippen molar-refractivity contribution in [3.05, 3.63) is 29.3 Å². The van der Waals surface area contributed by atoms with Crippen molar-refractivity contribution in [3.8, 4) is 0 Å². The van der Waals surface area contributed by atoms with Crippen LogP contribution in [0.1, 0.15) is 11.1 Å². The molecule has 0 radical (unpaired) electrons. The number of hydrogen-bond donors (Lipinski definition) is 1. The molecule has 1 aromatic carbocycles. The summed E-state index contributed by atoms with van der Waals surface area (Å²) in [6, 6.07) is 4.76. The summed E-state index contributed by atoms with van der Waals surface area (Å²) < 4.78 is 30.2. The van der Waals surface area contributed by atoms with Crippen LogP contribution >= 0.6 is 0 Å². The van der Waals surface area contributed by atoms with Crippen molar-refractivity contribution in [2.45, 2.75) is 18.7 Å². The predicted molar refractivity (Wildman–Crippen MR) is 45.7 cm³/mol. The molecule has 0 amide bonds. The van der Waals surface area contributed by atoms with Crippen molar-refractivity contribution < 1.29 is 40.6 Å². The number of aryl methyl sites for hydroxylation is 2. The molecule has 0 fully saturated rings. The van der Waals surface area contributed by atoms with E-state index in [1.54, 1.807) is 19.1 Å². The van der Waals surface area contributed by atoms with Crippen LogP contribution in [-0.2, 0) is 37.8 Å². The average molecular weight is 387 g/mol. The third kappa shape index (κ3) is 3.36. The van der Waals surface area contributed by atoms with Crippen molar-refractivity contribution in [1.29, 1.82) is 0 Å². The molecule has 0 aromatic heterocycles. The molecular weight excluding hydrogens is 377 g/mol. The Morgan fingerprint density at radius 1 is 1.23 bits per heavy atom. The number of benzene rings is 1. The van der Waals surface area contributed by atoms with Gasteiger partial charge in [0, 0.05) is 27.7 Å². The summed E-state index contributed by atoms with van der Waals surface area (Å²) in [7, 11) is -4.05. The monoisotopic (exact) mass is 388 g/mol. The van der Waals surface area contributed by atoms with Crippen molar-refractivity contribution in [2.24, 2.45) is 0 Å². The first-order valence-electron chi connectivity index (χ1n) is 3.46. The van der Waals surface area contributed by atoms with E-state index in [1.165, 1.54) is 6.07 Å². The molecule has 0 spiro atoms. The van der Waals surface area contributed by atoms with Gasteiger partial charge in [-0.1, -0.05) is 17.7 Å². The molecule has 3 nitrogen and oxygen atoms in total. The molecule has 0 saturated heterocycles. The summed E-state index contributed by atoms with van der Waals surface area (Å²) in [5, 5.41) is 0. The number of hydrogen-bond acceptors (Lipinski definition) is 2. The molecule has 0 heterocycles. The molecule has 0 aliphatic heterocycles. The largest absolute Gasteiger partial charge is 0.294 e. The summed E-state index contributed by atoms with van der Waals surface area (Å²) in [6.07, 6.45) is 0. The fraction of sp³-hybridized carbons (Fsp3) is 0.250. The first-order chi connectivity index (χ1) is 5.41. The van der Waals surface area contributed by atoms with Crippen molar-refractivity contribution >= 4 is 10.1 Å².